The molecule has 0 radical (unpaired) electrons. The molecule has 0 aromatic carbocycles. The molecule has 4 heteroatoms. The van der Waals surface area contributed by atoms with E-state index in [4.69, 9.17) is 0 Å². The van der Waals surface area contributed by atoms with Gasteiger partial charge in [-0.05, 0) is 12.8 Å². The zero-order valence-corrected chi connectivity index (χ0v) is 8.28. The molecule has 1 unspecified atom stereocenters. The van der Waals surface area contributed by atoms with Gasteiger partial charge in [0.05, 0.1) is 0 Å². The van der Waals surface area contributed by atoms with E-state index in [1.807, 2.05) is 7.05 Å². The Bertz CT molecular complexity index is 331. The Morgan fingerprint density at radius 3 is 2.46 bits per heavy atom. The molecule has 1 heterocycles. The SMILES string of the molecule is Cn1cnnc1C1(O)CCC1(C)C. The standard InChI is InChI=1S/C9H15N3O/c1-8(2)4-5-9(8,13)7-11-10-6-12(7)3/h6,13H,4-5H2,1-3H3. The molecule has 4 nitrogen and oxygen atoms in total. The molecule has 13 heavy (non-hydrogen) atoms. The third kappa shape index (κ3) is 0.950. The lowest BCUT2D eigenvalue weighted by Gasteiger charge is -2.51. The smallest absolute Gasteiger partial charge is 0.165 e. The largest absolute Gasteiger partial charge is 0.381 e. The lowest BCUT2D eigenvalue weighted by atomic mass is 9.58. The Hall–Kier alpha value is -0.900. The summed E-state index contributed by atoms with van der Waals surface area (Å²) < 4.78 is 1.79. The molecule has 0 bridgehead atoms. The average Bonchev–Trinajstić information content (AvgIpc) is 2.48. The van der Waals surface area contributed by atoms with Gasteiger partial charge >= 0.3 is 0 Å². The fourth-order valence-electron chi connectivity index (χ4n) is 1.93. The van der Waals surface area contributed by atoms with Crippen LogP contribution in [0.25, 0.3) is 0 Å². The van der Waals surface area contributed by atoms with Crippen molar-refractivity contribution in [3.05, 3.63) is 12.2 Å². The van der Waals surface area contributed by atoms with Gasteiger partial charge in [0.25, 0.3) is 0 Å². The number of nitrogens with zero attached hydrogens (tertiary/aromatic N) is 3. The average molecular weight is 181 g/mol. The van der Waals surface area contributed by atoms with E-state index in [0.717, 1.165) is 12.8 Å². The van der Waals surface area contributed by atoms with Crippen LogP contribution < -0.4 is 0 Å². The van der Waals surface area contributed by atoms with Crippen LogP contribution in [0.3, 0.4) is 0 Å². The summed E-state index contributed by atoms with van der Waals surface area (Å²) in [6.07, 6.45) is 3.45. The third-order valence-corrected chi connectivity index (χ3v) is 3.31. The van der Waals surface area contributed by atoms with E-state index in [-0.39, 0.29) is 5.41 Å². The Balaban J connectivity index is 2.42. The minimum Gasteiger partial charge on any atom is -0.381 e. The summed E-state index contributed by atoms with van der Waals surface area (Å²) in [5.41, 5.74) is -0.855. The van der Waals surface area contributed by atoms with Gasteiger partial charge in [0.1, 0.15) is 11.9 Å². The fourth-order valence-corrected chi connectivity index (χ4v) is 1.93. The summed E-state index contributed by atoms with van der Waals surface area (Å²) in [7, 11) is 1.86. The van der Waals surface area contributed by atoms with E-state index < -0.39 is 5.60 Å². The van der Waals surface area contributed by atoms with Crippen LogP contribution in [0, 0.1) is 5.41 Å². The van der Waals surface area contributed by atoms with Crippen molar-refractivity contribution in [3.8, 4) is 0 Å². The lowest BCUT2D eigenvalue weighted by molar-refractivity contribution is -0.163. The molecule has 1 fully saturated rings. The van der Waals surface area contributed by atoms with Crippen LogP contribution in [0.15, 0.2) is 6.33 Å². The number of aromatic nitrogens is 3. The Morgan fingerprint density at radius 2 is 2.15 bits per heavy atom. The van der Waals surface area contributed by atoms with E-state index in [9.17, 15) is 5.11 Å². The topological polar surface area (TPSA) is 50.9 Å². The van der Waals surface area contributed by atoms with Crippen LogP contribution in [0.5, 0.6) is 0 Å². The number of hydrogen-bond acceptors (Lipinski definition) is 3. The van der Waals surface area contributed by atoms with Crippen molar-refractivity contribution in [2.45, 2.75) is 32.3 Å². The molecular weight excluding hydrogens is 166 g/mol. The molecular formula is C9H15N3O. The number of hydrogen-bond donors (Lipinski definition) is 1. The van der Waals surface area contributed by atoms with Gasteiger partial charge in [0.2, 0.25) is 0 Å². The van der Waals surface area contributed by atoms with E-state index in [2.05, 4.69) is 24.0 Å². The van der Waals surface area contributed by atoms with Crippen LogP contribution in [0.4, 0.5) is 0 Å². The first-order valence-corrected chi connectivity index (χ1v) is 4.54. The summed E-state index contributed by atoms with van der Waals surface area (Å²) in [5.74, 6) is 0.684. The molecule has 72 valence electrons. The summed E-state index contributed by atoms with van der Waals surface area (Å²) in [5, 5.41) is 18.1. The van der Waals surface area contributed by atoms with E-state index >= 15 is 0 Å². The minimum absolute atomic E-state index is 0.0756. The molecule has 0 aliphatic heterocycles. The molecule has 2 rings (SSSR count). The van der Waals surface area contributed by atoms with E-state index in [1.54, 1.807) is 10.9 Å². The predicted molar refractivity (Wildman–Crippen MR) is 47.9 cm³/mol. The molecule has 1 saturated carbocycles. The van der Waals surface area contributed by atoms with Crippen LogP contribution in [0.1, 0.15) is 32.5 Å². The lowest BCUT2D eigenvalue weighted by Crippen LogP contribution is -2.52. The van der Waals surface area contributed by atoms with Crippen molar-refractivity contribution in [1.82, 2.24) is 14.8 Å². The van der Waals surface area contributed by atoms with Gasteiger partial charge in [0.15, 0.2) is 5.82 Å². The molecule has 1 aliphatic rings. The summed E-state index contributed by atoms with van der Waals surface area (Å²) in [6.45, 7) is 4.12. The van der Waals surface area contributed by atoms with Gasteiger partial charge in [-0.3, -0.25) is 0 Å². The van der Waals surface area contributed by atoms with Crippen molar-refractivity contribution in [3.63, 3.8) is 0 Å². The zero-order valence-electron chi connectivity index (χ0n) is 8.28. The molecule has 0 amide bonds. The van der Waals surface area contributed by atoms with Gasteiger partial charge in [0, 0.05) is 12.5 Å². The molecule has 0 saturated heterocycles. The van der Waals surface area contributed by atoms with Gasteiger partial charge < -0.3 is 9.67 Å². The second-order valence-electron chi connectivity index (χ2n) is 4.51. The number of aliphatic hydroxyl groups is 1. The number of aryl methyl sites for hydroxylation is 1. The maximum absolute atomic E-state index is 10.4. The van der Waals surface area contributed by atoms with Gasteiger partial charge in [-0.2, -0.15) is 0 Å². The summed E-state index contributed by atoms with van der Waals surface area (Å²) in [6, 6.07) is 0. The molecule has 1 aromatic heterocycles. The monoisotopic (exact) mass is 181 g/mol. The van der Waals surface area contributed by atoms with E-state index in [1.165, 1.54) is 0 Å². The summed E-state index contributed by atoms with van der Waals surface area (Å²) >= 11 is 0. The minimum atomic E-state index is -0.780. The van der Waals surface area contributed by atoms with Crippen molar-refractivity contribution in [2.24, 2.45) is 12.5 Å². The van der Waals surface area contributed by atoms with Crippen LogP contribution in [0.2, 0.25) is 0 Å². The highest BCUT2D eigenvalue weighted by Gasteiger charge is 2.55. The maximum Gasteiger partial charge on any atom is 0.165 e. The van der Waals surface area contributed by atoms with Gasteiger partial charge in [-0.25, -0.2) is 0 Å². The molecule has 1 aromatic rings. The third-order valence-electron chi connectivity index (χ3n) is 3.31. The first-order valence-electron chi connectivity index (χ1n) is 4.54. The zero-order chi connectivity index (χ0) is 9.69. The van der Waals surface area contributed by atoms with Crippen molar-refractivity contribution >= 4 is 0 Å². The predicted octanol–water partition coefficient (Wildman–Crippen LogP) is 0.823. The van der Waals surface area contributed by atoms with Crippen LogP contribution in [-0.4, -0.2) is 19.9 Å². The van der Waals surface area contributed by atoms with Crippen LogP contribution in [-0.2, 0) is 12.6 Å². The number of rotatable bonds is 1. The normalized spacial score (nSPS) is 31.4. The Labute approximate surface area is 77.6 Å². The van der Waals surface area contributed by atoms with Crippen molar-refractivity contribution < 1.29 is 5.11 Å². The van der Waals surface area contributed by atoms with Crippen molar-refractivity contribution in [2.75, 3.05) is 0 Å². The maximum atomic E-state index is 10.4. The molecule has 1 atom stereocenters. The van der Waals surface area contributed by atoms with Gasteiger partial charge in [-0.1, -0.05) is 13.8 Å². The first-order chi connectivity index (χ1) is 5.97. The van der Waals surface area contributed by atoms with Crippen LogP contribution >= 0.6 is 0 Å². The second kappa shape index (κ2) is 2.32. The highest BCUT2D eigenvalue weighted by molar-refractivity contribution is 5.14. The quantitative estimate of drug-likeness (QED) is 0.698. The molecule has 1 N–H and O–H groups in total. The van der Waals surface area contributed by atoms with Crippen molar-refractivity contribution in [1.29, 1.82) is 0 Å². The second-order valence-corrected chi connectivity index (χ2v) is 4.51. The van der Waals surface area contributed by atoms with E-state index in [0.29, 0.717) is 5.82 Å². The fraction of sp³-hybridized carbons (Fsp3) is 0.778. The molecule has 0 spiro atoms. The highest BCUT2D eigenvalue weighted by Crippen LogP contribution is 2.54. The highest BCUT2D eigenvalue weighted by atomic mass is 16.3. The Morgan fingerprint density at radius 1 is 1.46 bits per heavy atom. The Kier molecular flexibility index (Phi) is 1.55. The molecule has 1 aliphatic carbocycles. The summed E-state index contributed by atoms with van der Waals surface area (Å²) in [4.78, 5) is 0. The first kappa shape index (κ1) is 8.69. The van der Waals surface area contributed by atoms with Gasteiger partial charge in [-0.15, -0.1) is 10.2 Å².